The molecule has 5 heteroatoms. The largest absolute Gasteiger partial charge is 0.493 e. The Morgan fingerprint density at radius 1 is 0.958 bits per heavy atom. The summed E-state index contributed by atoms with van der Waals surface area (Å²) in [6, 6.07) is 13.1. The van der Waals surface area contributed by atoms with Gasteiger partial charge in [-0.15, -0.1) is 0 Å². The molecule has 0 saturated heterocycles. The van der Waals surface area contributed by atoms with Crippen LogP contribution in [0.1, 0.15) is 11.1 Å². The molecule has 5 nitrogen and oxygen atoms in total. The maximum atomic E-state index is 11.8. The zero-order valence-electron chi connectivity index (χ0n) is 14.3. The third-order valence-electron chi connectivity index (χ3n) is 3.66. The van der Waals surface area contributed by atoms with Gasteiger partial charge in [0, 0.05) is 0 Å². The minimum atomic E-state index is -0.203. The summed E-state index contributed by atoms with van der Waals surface area (Å²) in [7, 11) is 1.56. The Balaban J connectivity index is 1.71. The van der Waals surface area contributed by atoms with Gasteiger partial charge in [-0.25, -0.2) is 0 Å². The zero-order valence-corrected chi connectivity index (χ0v) is 14.3. The van der Waals surface area contributed by atoms with Gasteiger partial charge in [-0.05, 0) is 43.2 Å². The maximum Gasteiger partial charge on any atom is 0.258 e. The average Bonchev–Trinajstić information content (AvgIpc) is 2.60. The first-order valence-corrected chi connectivity index (χ1v) is 7.83. The Hall–Kier alpha value is -2.69. The maximum absolute atomic E-state index is 11.8. The smallest absolute Gasteiger partial charge is 0.258 e. The number of aryl methyl sites for hydroxylation is 1. The van der Waals surface area contributed by atoms with Crippen LogP contribution in [0.25, 0.3) is 0 Å². The average molecular weight is 329 g/mol. The highest BCUT2D eigenvalue weighted by molar-refractivity contribution is 5.77. The standard InChI is InChI=1S/C19H23NO4/c1-14-7-6-10-16(15(14)2)23-12-11-20-19(21)13-24-18-9-5-4-8-17(18)22-3/h4-10H,11-13H2,1-3H3,(H,20,21). The number of rotatable bonds is 8. The number of nitrogens with one attached hydrogen (secondary N) is 1. The van der Waals surface area contributed by atoms with Gasteiger partial charge in [0.25, 0.3) is 5.91 Å². The fourth-order valence-electron chi connectivity index (χ4n) is 2.16. The number of benzene rings is 2. The first-order chi connectivity index (χ1) is 11.6. The highest BCUT2D eigenvalue weighted by Gasteiger charge is 2.07. The molecule has 0 aromatic heterocycles. The monoisotopic (exact) mass is 329 g/mol. The molecule has 24 heavy (non-hydrogen) atoms. The lowest BCUT2D eigenvalue weighted by Gasteiger charge is -2.12. The molecule has 1 N–H and O–H groups in total. The van der Waals surface area contributed by atoms with Gasteiger partial charge in [-0.2, -0.15) is 0 Å². The number of amides is 1. The van der Waals surface area contributed by atoms with E-state index in [-0.39, 0.29) is 12.5 Å². The van der Waals surface area contributed by atoms with E-state index in [1.165, 1.54) is 5.56 Å². The fraction of sp³-hybridized carbons (Fsp3) is 0.316. The molecule has 0 spiro atoms. The van der Waals surface area contributed by atoms with E-state index < -0.39 is 0 Å². The summed E-state index contributed by atoms with van der Waals surface area (Å²) in [6.07, 6.45) is 0. The van der Waals surface area contributed by atoms with E-state index in [9.17, 15) is 4.79 Å². The summed E-state index contributed by atoms with van der Waals surface area (Å²) in [4.78, 5) is 11.8. The van der Waals surface area contributed by atoms with Crippen molar-refractivity contribution < 1.29 is 19.0 Å². The molecular formula is C19H23NO4. The van der Waals surface area contributed by atoms with Gasteiger partial charge in [-0.1, -0.05) is 24.3 Å². The minimum absolute atomic E-state index is 0.0656. The van der Waals surface area contributed by atoms with Crippen LogP contribution in [0, 0.1) is 13.8 Å². The molecule has 1 amide bonds. The van der Waals surface area contributed by atoms with Crippen LogP contribution in [0.3, 0.4) is 0 Å². The number of carbonyl (C=O) groups is 1. The van der Waals surface area contributed by atoms with E-state index in [4.69, 9.17) is 14.2 Å². The Bertz CT molecular complexity index is 685. The molecule has 0 aliphatic heterocycles. The third kappa shape index (κ3) is 4.91. The number of carbonyl (C=O) groups excluding carboxylic acids is 1. The van der Waals surface area contributed by atoms with Gasteiger partial charge in [0.15, 0.2) is 18.1 Å². The lowest BCUT2D eigenvalue weighted by atomic mass is 10.1. The number of methoxy groups -OCH3 is 1. The highest BCUT2D eigenvalue weighted by atomic mass is 16.5. The summed E-state index contributed by atoms with van der Waals surface area (Å²) in [6.45, 7) is 4.82. The molecule has 0 saturated carbocycles. The van der Waals surface area contributed by atoms with Crippen molar-refractivity contribution >= 4 is 5.91 Å². The molecule has 0 aliphatic carbocycles. The number of ether oxygens (including phenoxy) is 3. The molecule has 0 heterocycles. The number of hydrogen-bond acceptors (Lipinski definition) is 4. The second kappa shape index (κ2) is 8.82. The second-order valence-corrected chi connectivity index (χ2v) is 5.34. The Kier molecular flexibility index (Phi) is 6.49. The van der Waals surface area contributed by atoms with E-state index in [1.54, 1.807) is 19.2 Å². The predicted molar refractivity (Wildman–Crippen MR) is 92.9 cm³/mol. The van der Waals surface area contributed by atoms with E-state index in [2.05, 4.69) is 5.32 Å². The predicted octanol–water partition coefficient (Wildman–Crippen LogP) is 2.89. The third-order valence-corrected chi connectivity index (χ3v) is 3.66. The molecular weight excluding hydrogens is 306 g/mol. The van der Waals surface area contributed by atoms with Crippen molar-refractivity contribution in [3.8, 4) is 17.2 Å². The molecule has 0 fully saturated rings. The zero-order chi connectivity index (χ0) is 17.4. The lowest BCUT2D eigenvalue weighted by molar-refractivity contribution is -0.123. The SMILES string of the molecule is COc1ccccc1OCC(=O)NCCOc1cccc(C)c1C. The summed E-state index contributed by atoms with van der Waals surface area (Å²) < 4.78 is 16.3. The van der Waals surface area contributed by atoms with Crippen molar-refractivity contribution in [1.29, 1.82) is 0 Å². The molecule has 2 rings (SSSR count). The molecule has 0 aliphatic rings. The van der Waals surface area contributed by atoms with Crippen LogP contribution in [0.15, 0.2) is 42.5 Å². The van der Waals surface area contributed by atoms with Gasteiger partial charge in [0.1, 0.15) is 12.4 Å². The van der Waals surface area contributed by atoms with Crippen LogP contribution in [0.4, 0.5) is 0 Å². The van der Waals surface area contributed by atoms with Gasteiger partial charge < -0.3 is 19.5 Å². The van der Waals surface area contributed by atoms with Gasteiger partial charge in [0.2, 0.25) is 0 Å². The van der Waals surface area contributed by atoms with Crippen LogP contribution in [0.2, 0.25) is 0 Å². The highest BCUT2D eigenvalue weighted by Crippen LogP contribution is 2.25. The normalized spacial score (nSPS) is 10.1. The summed E-state index contributed by atoms with van der Waals surface area (Å²) in [5.74, 6) is 1.78. The van der Waals surface area contributed by atoms with Crippen molar-refractivity contribution in [2.24, 2.45) is 0 Å². The quantitative estimate of drug-likeness (QED) is 0.757. The second-order valence-electron chi connectivity index (χ2n) is 5.34. The van der Waals surface area contributed by atoms with Crippen molar-refractivity contribution in [3.63, 3.8) is 0 Å². The van der Waals surface area contributed by atoms with E-state index >= 15 is 0 Å². The van der Waals surface area contributed by atoms with Crippen LogP contribution in [-0.4, -0.2) is 32.8 Å². The minimum Gasteiger partial charge on any atom is -0.493 e. The van der Waals surface area contributed by atoms with Gasteiger partial charge in [0.05, 0.1) is 13.7 Å². The molecule has 0 atom stereocenters. The molecule has 0 unspecified atom stereocenters. The van der Waals surface area contributed by atoms with Gasteiger partial charge in [-0.3, -0.25) is 4.79 Å². The van der Waals surface area contributed by atoms with Crippen LogP contribution >= 0.6 is 0 Å². The van der Waals surface area contributed by atoms with Gasteiger partial charge >= 0.3 is 0 Å². The lowest BCUT2D eigenvalue weighted by Crippen LogP contribution is -2.32. The molecule has 2 aromatic rings. The Morgan fingerprint density at radius 2 is 1.67 bits per heavy atom. The molecule has 0 radical (unpaired) electrons. The summed E-state index contributed by atoms with van der Waals surface area (Å²) >= 11 is 0. The fourth-order valence-corrected chi connectivity index (χ4v) is 2.16. The van der Waals surface area contributed by atoms with Crippen molar-refractivity contribution in [3.05, 3.63) is 53.6 Å². The van der Waals surface area contributed by atoms with Crippen LogP contribution < -0.4 is 19.5 Å². The topological polar surface area (TPSA) is 56.8 Å². The summed E-state index contributed by atoms with van der Waals surface area (Å²) in [5.41, 5.74) is 2.30. The van der Waals surface area contributed by atoms with E-state index in [0.717, 1.165) is 11.3 Å². The van der Waals surface area contributed by atoms with E-state index in [0.29, 0.717) is 24.7 Å². The number of hydrogen-bond donors (Lipinski definition) is 1. The summed E-state index contributed by atoms with van der Waals surface area (Å²) in [5, 5.41) is 2.76. The van der Waals surface area contributed by atoms with Crippen LogP contribution in [0.5, 0.6) is 17.2 Å². The first kappa shape index (κ1) is 17.7. The van der Waals surface area contributed by atoms with Crippen LogP contribution in [-0.2, 0) is 4.79 Å². The first-order valence-electron chi connectivity index (χ1n) is 7.83. The Labute approximate surface area is 142 Å². The molecule has 128 valence electrons. The van der Waals surface area contributed by atoms with Crippen molar-refractivity contribution in [1.82, 2.24) is 5.32 Å². The van der Waals surface area contributed by atoms with E-state index in [1.807, 2.05) is 44.2 Å². The Morgan fingerprint density at radius 3 is 2.42 bits per heavy atom. The van der Waals surface area contributed by atoms with Crippen molar-refractivity contribution in [2.45, 2.75) is 13.8 Å². The van der Waals surface area contributed by atoms with Crippen molar-refractivity contribution in [2.75, 3.05) is 26.9 Å². The molecule has 2 aromatic carbocycles. The number of para-hydroxylation sites is 2. The molecule has 0 bridgehead atoms.